The van der Waals surface area contributed by atoms with Gasteiger partial charge in [0.1, 0.15) is 0 Å². The maximum atomic E-state index is 13.7. The van der Waals surface area contributed by atoms with Crippen LogP contribution in [0.2, 0.25) is 0 Å². The van der Waals surface area contributed by atoms with Crippen LogP contribution in [0.5, 0.6) is 5.75 Å². The molecule has 2 heterocycles. The number of aliphatic carboxylic acids is 1. The molecule has 0 aliphatic carbocycles. The highest BCUT2D eigenvalue weighted by Crippen LogP contribution is 2.33. The van der Waals surface area contributed by atoms with Gasteiger partial charge in [0.2, 0.25) is 5.95 Å². The van der Waals surface area contributed by atoms with Gasteiger partial charge in [0.25, 0.3) is 0 Å². The third-order valence-electron chi connectivity index (χ3n) is 6.95. The van der Waals surface area contributed by atoms with E-state index in [1.165, 1.54) is 12.4 Å². The number of allylic oxidation sites excluding steroid dienone is 1. The van der Waals surface area contributed by atoms with Crippen molar-refractivity contribution >= 4 is 17.5 Å². The van der Waals surface area contributed by atoms with Crippen LogP contribution in [0.1, 0.15) is 58.8 Å². The zero-order valence-electron chi connectivity index (χ0n) is 25.2. The minimum Gasteiger partial charge on any atom is -0.490 e. The number of alkyl halides is 3. The SMILES string of the molecule is C=C(C)c1ccc(C)c(-c2ccc(C)cc2CN(Cc2cc(C)cc(C(F)(F)F)c2)c2ncc(OCCCC(=O)O)cn2)n1. The van der Waals surface area contributed by atoms with Crippen molar-refractivity contribution in [2.24, 2.45) is 0 Å². The second kappa shape index (κ2) is 13.7. The topological polar surface area (TPSA) is 88.4 Å². The van der Waals surface area contributed by atoms with E-state index in [9.17, 15) is 18.0 Å². The lowest BCUT2D eigenvalue weighted by Gasteiger charge is -2.25. The highest BCUT2D eigenvalue weighted by molar-refractivity contribution is 5.71. The number of hydrogen-bond donors (Lipinski definition) is 1. The van der Waals surface area contributed by atoms with Gasteiger partial charge in [-0.3, -0.25) is 4.79 Å². The van der Waals surface area contributed by atoms with Gasteiger partial charge in [-0.2, -0.15) is 13.2 Å². The Morgan fingerprint density at radius 1 is 0.977 bits per heavy atom. The minimum absolute atomic E-state index is 0.0223. The molecular weight excluding hydrogens is 569 g/mol. The molecule has 0 atom stereocenters. The average molecular weight is 605 g/mol. The summed E-state index contributed by atoms with van der Waals surface area (Å²) in [5.74, 6) is -0.250. The maximum Gasteiger partial charge on any atom is 0.416 e. The average Bonchev–Trinajstić information content (AvgIpc) is 2.95. The van der Waals surface area contributed by atoms with E-state index in [0.717, 1.165) is 51.3 Å². The Morgan fingerprint density at radius 3 is 2.36 bits per heavy atom. The number of rotatable bonds is 12. The van der Waals surface area contributed by atoms with Crippen molar-refractivity contribution in [3.05, 3.63) is 107 Å². The van der Waals surface area contributed by atoms with Crippen LogP contribution in [0.15, 0.2) is 67.5 Å². The Labute approximate surface area is 255 Å². The molecule has 0 saturated carbocycles. The van der Waals surface area contributed by atoms with Crippen LogP contribution in [0.25, 0.3) is 16.8 Å². The molecular formula is C34H35F3N4O3. The first kappa shape index (κ1) is 32.2. The van der Waals surface area contributed by atoms with Crippen LogP contribution < -0.4 is 9.64 Å². The van der Waals surface area contributed by atoms with E-state index in [0.29, 0.717) is 29.2 Å². The minimum atomic E-state index is -4.48. The molecule has 2 aromatic carbocycles. The Kier molecular flexibility index (Phi) is 10.0. The lowest BCUT2D eigenvalue weighted by Crippen LogP contribution is -2.25. The van der Waals surface area contributed by atoms with Gasteiger partial charge in [-0.15, -0.1) is 0 Å². The van der Waals surface area contributed by atoms with Crippen LogP contribution in [-0.4, -0.2) is 32.6 Å². The van der Waals surface area contributed by atoms with Crippen molar-refractivity contribution in [3.63, 3.8) is 0 Å². The van der Waals surface area contributed by atoms with Crippen LogP contribution >= 0.6 is 0 Å². The third-order valence-corrected chi connectivity index (χ3v) is 6.95. The summed E-state index contributed by atoms with van der Waals surface area (Å²) in [6, 6.07) is 14.0. The molecule has 0 unspecified atom stereocenters. The van der Waals surface area contributed by atoms with Crippen molar-refractivity contribution in [2.45, 2.75) is 59.8 Å². The van der Waals surface area contributed by atoms with E-state index >= 15 is 0 Å². The van der Waals surface area contributed by atoms with Crippen LogP contribution in [-0.2, 0) is 24.1 Å². The summed E-state index contributed by atoms with van der Waals surface area (Å²) < 4.78 is 46.6. The molecule has 0 aliphatic rings. The molecule has 0 radical (unpaired) electrons. The fourth-order valence-electron chi connectivity index (χ4n) is 4.82. The lowest BCUT2D eigenvalue weighted by molar-refractivity contribution is -0.138. The smallest absolute Gasteiger partial charge is 0.416 e. The molecule has 4 rings (SSSR count). The summed E-state index contributed by atoms with van der Waals surface area (Å²) in [6.45, 7) is 12.1. The van der Waals surface area contributed by atoms with Crippen LogP contribution in [0, 0.1) is 20.8 Å². The van der Waals surface area contributed by atoms with Gasteiger partial charge in [0.15, 0.2) is 5.75 Å². The molecule has 2 aromatic heterocycles. The molecule has 1 N–H and O–H groups in total. The van der Waals surface area contributed by atoms with Gasteiger partial charge in [-0.1, -0.05) is 48.0 Å². The third kappa shape index (κ3) is 8.43. The Hall–Kier alpha value is -4.73. The standard InChI is InChI=1S/C34H35F3N4O3/c1-21(2)30-11-9-24(5)32(40-30)29-10-8-22(3)14-26(29)20-41(19-25-13-23(4)15-27(16-25)34(35,36)37)33-38-17-28(18-39-33)44-12-6-7-31(42)43/h8-11,13-18H,1,6-7,12,19-20H2,2-5H3,(H,42,43). The number of halogens is 3. The van der Waals surface area contributed by atoms with E-state index in [1.54, 1.807) is 13.0 Å². The number of pyridine rings is 1. The second-order valence-electron chi connectivity index (χ2n) is 10.9. The van der Waals surface area contributed by atoms with Crippen LogP contribution in [0.4, 0.5) is 19.1 Å². The van der Waals surface area contributed by atoms with E-state index in [4.69, 9.17) is 14.8 Å². The van der Waals surface area contributed by atoms with Crippen molar-refractivity contribution in [1.82, 2.24) is 15.0 Å². The Morgan fingerprint density at radius 2 is 1.70 bits per heavy atom. The second-order valence-corrected chi connectivity index (χ2v) is 10.9. The zero-order valence-corrected chi connectivity index (χ0v) is 25.2. The number of aromatic nitrogens is 3. The first-order valence-corrected chi connectivity index (χ1v) is 14.1. The summed E-state index contributed by atoms with van der Waals surface area (Å²) >= 11 is 0. The highest BCUT2D eigenvalue weighted by Gasteiger charge is 2.31. The van der Waals surface area contributed by atoms with Crippen molar-refractivity contribution < 1.29 is 27.8 Å². The molecule has 0 aliphatic heterocycles. The molecule has 0 fully saturated rings. The van der Waals surface area contributed by atoms with E-state index in [-0.39, 0.29) is 26.1 Å². The van der Waals surface area contributed by atoms with E-state index in [2.05, 4.69) is 16.5 Å². The largest absolute Gasteiger partial charge is 0.490 e. The first-order valence-electron chi connectivity index (χ1n) is 14.1. The molecule has 230 valence electrons. The van der Waals surface area contributed by atoms with Gasteiger partial charge < -0.3 is 14.7 Å². The van der Waals surface area contributed by atoms with E-state index in [1.807, 2.05) is 56.0 Å². The summed E-state index contributed by atoms with van der Waals surface area (Å²) in [4.78, 5) is 26.4. The summed E-state index contributed by atoms with van der Waals surface area (Å²) in [7, 11) is 0. The number of ether oxygens (including phenoxy) is 1. The van der Waals surface area contributed by atoms with Gasteiger partial charge in [-0.25, -0.2) is 15.0 Å². The molecule has 0 saturated heterocycles. The Balaban J connectivity index is 1.74. The lowest BCUT2D eigenvalue weighted by atomic mass is 9.97. The van der Waals surface area contributed by atoms with Crippen molar-refractivity contribution in [2.75, 3.05) is 11.5 Å². The predicted molar refractivity (Wildman–Crippen MR) is 164 cm³/mol. The molecule has 0 bridgehead atoms. The quantitative estimate of drug-likeness (QED) is 0.164. The summed E-state index contributed by atoms with van der Waals surface area (Å²) in [5.41, 5.74) is 6.42. The zero-order chi connectivity index (χ0) is 32.0. The number of hydrogen-bond acceptors (Lipinski definition) is 6. The van der Waals surface area contributed by atoms with Gasteiger partial charge >= 0.3 is 12.1 Å². The normalized spacial score (nSPS) is 11.3. The summed E-state index contributed by atoms with van der Waals surface area (Å²) in [6.07, 6.45) is -1.22. The van der Waals surface area contributed by atoms with Gasteiger partial charge in [0, 0.05) is 25.1 Å². The van der Waals surface area contributed by atoms with Crippen LogP contribution in [0.3, 0.4) is 0 Å². The summed E-state index contributed by atoms with van der Waals surface area (Å²) in [5, 5.41) is 8.84. The highest BCUT2D eigenvalue weighted by atomic mass is 19.4. The molecule has 0 amide bonds. The predicted octanol–water partition coefficient (Wildman–Crippen LogP) is 7.97. The number of anilines is 1. The first-order chi connectivity index (χ1) is 20.8. The Bertz CT molecular complexity index is 1650. The molecule has 7 nitrogen and oxygen atoms in total. The monoisotopic (exact) mass is 604 g/mol. The number of carboxylic acids is 1. The molecule has 4 aromatic rings. The fraction of sp³-hybridized carbons (Fsp3) is 0.294. The van der Waals surface area contributed by atoms with Gasteiger partial charge in [-0.05, 0) is 74.6 Å². The van der Waals surface area contributed by atoms with E-state index < -0.39 is 17.7 Å². The van der Waals surface area contributed by atoms with Crippen molar-refractivity contribution in [1.29, 1.82) is 0 Å². The molecule has 0 spiro atoms. The molecule has 44 heavy (non-hydrogen) atoms. The molecule has 10 heteroatoms. The number of benzene rings is 2. The number of carbonyl (C=O) groups is 1. The number of aryl methyl sites for hydroxylation is 3. The fourth-order valence-corrected chi connectivity index (χ4v) is 4.82. The number of nitrogens with zero attached hydrogens (tertiary/aromatic N) is 4. The maximum absolute atomic E-state index is 13.7. The van der Waals surface area contributed by atoms with Gasteiger partial charge in [0.05, 0.1) is 36.0 Å². The number of carboxylic acid groups (broad SMARTS) is 1. The van der Waals surface area contributed by atoms with Crippen molar-refractivity contribution in [3.8, 4) is 17.0 Å².